The number of fused-ring (bicyclic) bond motifs is 1. The van der Waals surface area contributed by atoms with E-state index in [0.29, 0.717) is 0 Å². The molecule has 2 aromatic heterocycles. The zero-order valence-electron chi connectivity index (χ0n) is 12.8. The van der Waals surface area contributed by atoms with E-state index in [0.717, 1.165) is 10.7 Å². The Balaban J connectivity index is 1.80. The monoisotopic (exact) mass is 354 g/mol. The number of aromatic nitrogens is 3. The predicted molar refractivity (Wildman–Crippen MR) is 79.0 cm³/mol. The Bertz CT molecular complexity index is 883. The van der Waals surface area contributed by atoms with Gasteiger partial charge in [0.15, 0.2) is 5.65 Å². The molecular formula is C14H13F3N6O2. The summed E-state index contributed by atoms with van der Waals surface area (Å²) >= 11 is 0. The molecule has 8 nitrogen and oxygen atoms in total. The van der Waals surface area contributed by atoms with E-state index in [4.69, 9.17) is 0 Å². The lowest BCUT2D eigenvalue weighted by molar-refractivity contribution is -0.122. The molecule has 0 spiro atoms. The van der Waals surface area contributed by atoms with E-state index in [-0.39, 0.29) is 36.5 Å². The number of nitrogens with zero attached hydrogens (tertiary/aromatic N) is 4. The van der Waals surface area contributed by atoms with Crippen molar-refractivity contribution >= 4 is 23.3 Å². The van der Waals surface area contributed by atoms with Crippen molar-refractivity contribution in [2.24, 2.45) is 0 Å². The number of rotatable bonds is 2. The molecule has 2 aliphatic rings. The summed E-state index contributed by atoms with van der Waals surface area (Å²) in [5.74, 6) is -5.06. The molecule has 0 saturated carbocycles. The quantitative estimate of drug-likeness (QED) is 0.826. The van der Waals surface area contributed by atoms with Gasteiger partial charge in [0.25, 0.3) is 5.92 Å². The van der Waals surface area contributed by atoms with Crippen LogP contribution in [0.25, 0.3) is 5.65 Å². The Morgan fingerprint density at radius 3 is 2.80 bits per heavy atom. The van der Waals surface area contributed by atoms with Gasteiger partial charge in [-0.3, -0.25) is 10.1 Å². The van der Waals surface area contributed by atoms with E-state index < -0.39 is 36.3 Å². The first-order valence-electron chi connectivity index (χ1n) is 7.60. The third-order valence-electron chi connectivity index (χ3n) is 4.31. The Labute approximate surface area is 139 Å². The van der Waals surface area contributed by atoms with Crippen LogP contribution < -0.4 is 15.5 Å². The molecule has 132 valence electrons. The van der Waals surface area contributed by atoms with Gasteiger partial charge in [0.05, 0.1) is 30.0 Å². The number of anilines is 1. The van der Waals surface area contributed by atoms with Crippen LogP contribution in [0, 0.1) is 5.95 Å². The number of urea groups is 1. The highest BCUT2D eigenvalue weighted by Gasteiger charge is 2.40. The van der Waals surface area contributed by atoms with Crippen molar-refractivity contribution in [2.45, 2.75) is 18.3 Å². The summed E-state index contributed by atoms with van der Waals surface area (Å²) in [6.45, 7) is -0.461. The average molecular weight is 354 g/mol. The smallest absolute Gasteiger partial charge is 0.321 e. The lowest BCUT2D eigenvalue weighted by Crippen LogP contribution is -2.51. The number of halogens is 3. The molecule has 4 rings (SSSR count). The second-order valence-electron chi connectivity index (χ2n) is 6.05. The highest BCUT2D eigenvalue weighted by molar-refractivity contribution is 6.00. The van der Waals surface area contributed by atoms with Gasteiger partial charge in [0.1, 0.15) is 0 Å². The normalized spacial score (nSPS) is 23.0. The highest BCUT2D eigenvalue weighted by Crippen LogP contribution is 2.34. The number of imidazole rings is 1. The van der Waals surface area contributed by atoms with Crippen LogP contribution in [0.2, 0.25) is 0 Å². The van der Waals surface area contributed by atoms with E-state index in [1.807, 2.05) is 0 Å². The summed E-state index contributed by atoms with van der Waals surface area (Å²) in [5.41, 5.74) is 0.530. The third-order valence-corrected chi connectivity index (χ3v) is 4.31. The van der Waals surface area contributed by atoms with Gasteiger partial charge in [-0.2, -0.15) is 14.0 Å². The molecular weight excluding hydrogens is 341 g/mol. The second kappa shape index (κ2) is 5.33. The maximum atomic E-state index is 14.0. The van der Waals surface area contributed by atoms with Gasteiger partial charge in [-0.1, -0.05) is 0 Å². The fourth-order valence-electron chi connectivity index (χ4n) is 3.06. The summed E-state index contributed by atoms with van der Waals surface area (Å²) in [5, 5.41) is 8.62. The molecule has 2 aliphatic heterocycles. The molecule has 0 radical (unpaired) electrons. The molecule has 0 aromatic carbocycles. The lowest BCUT2D eigenvalue weighted by atomic mass is 10.0. The number of hydrogen-bond donors (Lipinski definition) is 2. The van der Waals surface area contributed by atoms with Crippen molar-refractivity contribution in [1.29, 1.82) is 0 Å². The molecule has 2 aromatic rings. The number of hydrogen-bond acceptors (Lipinski definition) is 5. The summed E-state index contributed by atoms with van der Waals surface area (Å²) in [6.07, 6.45) is 0.618. The SMILES string of the molecule is O=C1NCC(c2cc(N3CCC(F)(F)C3)c3ncc(F)n3n2)C(=O)N1. The topological polar surface area (TPSA) is 91.6 Å². The van der Waals surface area contributed by atoms with Crippen molar-refractivity contribution in [3.8, 4) is 0 Å². The van der Waals surface area contributed by atoms with Crippen LogP contribution in [0.1, 0.15) is 18.0 Å². The first kappa shape index (κ1) is 15.7. The Kier molecular flexibility index (Phi) is 3.34. The van der Waals surface area contributed by atoms with Gasteiger partial charge < -0.3 is 10.2 Å². The first-order chi connectivity index (χ1) is 11.8. The summed E-state index contributed by atoms with van der Waals surface area (Å²) in [7, 11) is 0. The zero-order valence-corrected chi connectivity index (χ0v) is 12.8. The fourth-order valence-corrected chi connectivity index (χ4v) is 3.06. The Hall–Kier alpha value is -2.85. The van der Waals surface area contributed by atoms with Crippen molar-refractivity contribution in [2.75, 3.05) is 24.5 Å². The molecule has 4 heterocycles. The summed E-state index contributed by atoms with van der Waals surface area (Å²) in [6, 6.07) is 0.820. The van der Waals surface area contributed by atoms with Crippen LogP contribution >= 0.6 is 0 Å². The standard InChI is InChI=1S/C14H13F3N6O2/c15-10-5-18-11-9(22-2-1-14(16,17)6-22)3-8(21-23(10)11)7-4-19-13(25)20-12(7)24/h3,5,7H,1-2,4,6H2,(H2,19,20,24,25). The van der Waals surface area contributed by atoms with Gasteiger partial charge in [0, 0.05) is 19.5 Å². The molecule has 1 atom stereocenters. The molecule has 11 heteroatoms. The van der Waals surface area contributed by atoms with E-state index >= 15 is 0 Å². The van der Waals surface area contributed by atoms with E-state index in [1.54, 1.807) is 0 Å². The van der Waals surface area contributed by atoms with Crippen LogP contribution in [0.4, 0.5) is 23.7 Å². The largest absolute Gasteiger partial charge is 0.362 e. The first-order valence-corrected chi connectivity index (χ1v) is 7.60. The van der Waals surface area contributed by atoms with Crippen molar-refractivity contribution in [1.82, 2.24) is 25.2 Å². The van der Waals surface area contributed by atoms with Crippen LogP contribution in [0.15, 0.2) is 12.3 Å². The predicted octanol–water partition coefficient (Wildman–Crippen LogP) is 0.637. The Morgan fingerprint density at radius 1 is 1.32 bits per heavy atom. The molecule has 25 heavy (non-hydrogen) atoms. The fraction of sp³-hybridized carbons (Fsp3) is 0.429. The average Bonchev–Trinajstić information content (AvgIpc) is 3.09. The maximum absolute atomic E-state index is 14.0. The number of amides is 3. The van der Waals surface area contributed by atoms with Crippen LogP contribution in [-0.2, 0) is 4.79 Å². The van der Waals surface area contributed by atoms with Gasteiger partial charge in [-0.25, -0.2) is 18.6 Å². The van der Waals surface area contributed by atoms with E-state index in [1.165, 1.54) is 11.0 Å². The lowest BCUT2D eigenvalue weighted by Gasteiger charge is -2.24. The van der Waals surface area contributed by atoms with Gasteiger partial charge >= 0.3 is 6.03 Å². The summed E-state index contributed by atoms with van der Waals surface area (Å²) < 4.78 is 42.0. The highest BCUT2D eigenvalue weighted by atomic mass is 19.3. The number of nitrogens with one attached hydrogen (secondary N) is 2. The molecule has 3 amide bonds. The van der Waals surface area contributed by atoms with Crippen molar-refractivity contribution < 1.29 is 22.8 Å². The van der Waals surface area contributed by atoms with Crippen molar-refractivity contribution in [3.05, 3.63) is 23.9 Å². The third kappa shape index (κ3) is 2.65. The minimum atomic E-state index is -2.85. The number of carbonyl (C=O) groups excluding carboxylic acids is 2. The number of imide groups is 1. The minimum Gasteiger partial charge on any atom is -0.362 e. The molecule has 2 fully saturated rings. The molecule has 0 bridgehead atoms. The zero-order chi connectivity index (χ0) is 17.8. The van der Waals surface area contributed by atoms with Gasteiger partial charge in [-0.15, -0.1) is 0 Å². The molecule has 2 saturated heterocycles. The maximum Gasteiger partial charge on any atom is 0.321 e. The van der Waals surface area contributed by atoms with Crippen molar-refractivity contribution in [3.63, 3.8) is 0 Å². The van der Waals surface area contributed by atoms with E-state index in [9.17, 15) is 22.8 Å². The Morgan fingerprint density at radius 2 is 2.12 bits per heavy atom. The molecule has 0 aliphatic carbocycles. The van der Waals surface area contributed by atoms with E-state index in [2.05, 4.69) is 20.7 Å². The van der Waals surface area contributed by atoms with Crippen LogP contribution in [0.5, 0.6) is 0 Å². The molecule has 1 unspecified atom stereocenters. The van der Waals surface area contributed by atoms with Crippen LogP contribution in [-0.4, -0.2) is 52.1 Å². The minimum absolute atomic E-state index is 0.0188. The van der Waals surface area contributed by atoms with Crippen LogP contribution in [0.3, 0.4) is 0 Å². The van der Waals surface area contributed by atoms with Gasteiger partial charge in [0.2, 0.25) is 11.9 Å². The second-order valence-corrected chi connectivity index (χ2v) is 6.05. The summed E-state index contributed by atoms with van der Waals surface area (Å²) in [4.78, 5) is 28.5. The number of alkyl halides is 2. The van der Waals surface area contributed by atoms with Gasteiger partial charge in [-0.05, 0) is 6.07 Å². The number of carbonyl (C=O) groups is 2. The molecule has 2 N–H and O–H groups in total.